The fraction of sp³-hybridized carbons (Fsp3) is 0.625. The second-order valence-electron chi connectivity index (χ2n) is 6.41. The van der Waals surface area contributed by atoms with E-state index in [-0.39, 0.29) is 0 Å². The molecule has 0 spiro atoms. The number of rotatable bonds is 4. The topological polar surface area (TPSA) is 38.0 Å². The van der Waals surface area contributed by atoms with Crippen LogP contribution in [0.1, 0.15) is 43.7 Å². The van der Waals surface area contributed by atoms with Gasteiger partial charge < -0.3 is 0 Å². The van der Waals surface area contributed by atoms with Crippen molar-refractivity contribution < 1.29 is 0 Å². The van der Waals surface area contributed by atoms with Crippen LogP contribution in [0, 0.1) is 17.8 Å². The highest BCUT2D eigenvalue weighted by molar-refractivity contribution is 5.40. The lowest BCUT2D eigenvalue weighted by Gasteiger charge is -2.18. The summed E-state index contributed by atoms with van der Waals surface area (Å²) in [5.74, 6) is 8.91. The van der Waals surface area contributed by atoms with Crippen LogP contribution in [-0.4, -0.2) is 6.04 Å². The molecule has 0 amide bonds. The van der Waals surface area contributed by atoms with Crippen molar-refractivity contribution in [1.82, 2.24) is 5.43 Å². The number of fused-ring (bicyclic) bond motifs is 3. The van der Waals surface area contributed by atoms with Crippen molar-refractivity contribution in [2.24, 2.45) is 23.6 Å². The first kappa shape index (κ1) is 12.2. The molecule has 1 aromatic rings. The highest BCUT2D eigenvalue weighted by atomic mass is 15.2. The maximum absolute atomic E-state index is 5.79. The molecule has 0 bridgehead atoms. The Bertz CT molecular complexity index is 427. The number of hydrogen-bond acceptors (Lipinski definition) is 2. The third-order valence-corrected chi connectivity index (χ3v) is 4.79. The van der Waals surface area contributed by atoms with Gasteiger partial charge in [0.05, 0.1) is 0 Å². The van der Waals surface area contributed by atoms with Crippen molar-refractivity contribution in [3.63, 3.8) is 0 Å². The van der Waals surface area contributed by atoms with E-state index < -0.39 is 0 Å². The van der Waals surface area contributed by atoms with E-state index in [0.29, 0.717) is 12.0 Å². The van der Waals surface area contributed by atoms with Gasteiger partial charge in [-0.2, -0.15) is 0 Å². The zero-order chi connectivity index (χ0) is 12.7. The van der Waals surface area contributed by atoms with Crippen molar-refractivity contribution in [1.29, 1.82) is 0 Å². The quantitative estimate of drug-likeness (QED) is 0.631. The van der Waals surface area contributed by atoms with Gasteiger partial charge in [-0.05, 0) is 54.1 Å². The maximum Gasteiger partial charge on any atom is 0.0250 e. The Hall–Kier alpha value is -0.860. The van der Waals surface area contributed by atoms with Gasteiger partial charge >= 0.3 is 0 Å². The average Bonchev–Trinajstić information content (AvgIpc) is 3.10. The van der Waals surface area contributed by atoms with Crippen molar-refractivity contribution >= 4 is 0 Å². The van der Waals surface area contributed by atoms with Gasteiger partial charge in [-0.1, -0.05) is 38.1 Å². The molecular formula is C16H24N2. The van der Waals surface area contributed by atoms with Crippen LogP contribution in [0.25, 0.3) is 0 Å². The highest BCUT2D eigenvalue weighted by Gasteiger charge is 2.55. The molecule has 0 aromatic heterocycles. The van der Waals surface area contributed by atoms with Gasteiger partial charge in [0.25, 0.3) is 0 Å². The predicted octanol–water partition coefficient (Wildman–Crippen LogP) is 2.84. The van der Waals surface area contributed by atoms with E-state index in [1.165, 1.54) is 19.3 Å². The minimum absolute atomic E-state index is 0.492. The lowest BCUT2D eigenvalue weighted by Crippen LogP contribution is -2.38. The summed E-state index contributed by atoms with van der Waals surface area (Å²) in [6.45, 7) is 4.56. The fourth-order valence-electron chi connectivity index (χ4n) is 4.01. The molecular weight excluding hydrogens is 220 g/mol. The maximum atomic E-state index is 5.79. The van der Waals surface area contributed by atoms with Gasteiger partial charge in [0, 0.05) is 6.04 Å². The number of hydrogen-bond donors (Lipinski definition) is 2. The molecule has 0 saturated heterocycles. The van der Waals surface area contributed by atoms with Crippen LogP contribution in [-0.2, 0) is 6.42 Å². The molecule has 2 aliphatic rings. The highest BCUT2D eigenvalue weighted by Crippen LogP contribution is 2.61. The second kappa shape index (κ2) is 4.67. The van der Waals surface area contributed by atoms with Crippen LogP contribution >= 0.6 is 0 Å². The number of aryl methyl sites for hydroxylation is 1. The summed E-state index contributed by atoms with van der Waals surface area (Å²) in [4.78, 5) is 0. The average molecular weight is 244 g/mol. The minimum atomic E-state index is 0.492. The summed E-state index contributed by atoms with van der Waals surface area (Å²) in [5, 5.41) is 0. The van der Waals surface area contributed by atoms with Crippen LogP contribution in [0.2, 0.25) is 0 Å². The molecule has 0 aliphatic heterocycles. The Balaban J connectivity index is 1.79. The van der Waals surface area contributed by atoms with Gasteiger partial charge in [-0.25, -0.2) is 0 Å². The molecule has 0 radical (unpaired) electrons. The third-order valence-electron chi connectivity index (χ3n) is 4.79. The zero-order valence-electron chi connectivity index (χ0n) is 11.4. The normalized spacial score (nSPS) is 30.8. The first-order chi connectivity index (χ1) is 8.72. The fourth-order valence-corrected chi connectivity index (χ4v) is 4.01. The van der Waals surface area contributed by atoms with E-state index in [0.717, 1.165) is 17.8 Å². The summed E-state index contributed by atoms with van der Waals surface area (Å²) >= 11 is 0. The summed E-state index contributed by atoms with van der Waals surface area (Å²) < 4.78 is 0. The first-order valence-electron chi connectivity index (χ1n) is 7.26. The molecule has 2 nitrogen and oxygen atoms in total. The summed E-state index contributed by atoms with van der Waals surface area (Å²) in [6.07, 6.45) is 3.80. The van der Waals surface area contributed by atoms with Crippen molar-refractivity contribution in [3.8, 4) is 0 Å². The summed E-state index contributed by atoms with van der Waals surface area (Å²) in [6, 6.07) is 9.47. The molecule has 3 rings (SSSR count). The zero-order valence-corrected chi connectivity index (χ0v) is 11.4. The lowest BCUT2D eigenvalue weighted by atomic mass is 9.92. The Morgan fingerprint density at radius 1 is 1.33 bits per heavy atom. The van der Waals surface area contributed by atoms with Crippen LogP contribution in [0.3, 0.4) is 0 Å². The Kier molecular flexibility index (Phi) is 3.16. The first-order valence-corrected chi connectivity index (χ1v) is 7.26. The Labute approximate surface area is 110 Å². The Morgan fingerprint density at radius 2 is 2.11 bits per heavy atom. The third kappa shape index (κ3) is 1.98. The molecule has 4 atom stereocenters. The summed E-state index contributed by atoms with van der Waals surface area (Å²) in [5.41, 5.74) is 6.25. The van der Waals surface area contributed by atoms with E-state index >= 15 is 0 Å². The largest absolute Gasteiger partial charge is 0.271 e. The molecule has 3 N–H and O–H groups in total. The van der Waals surface area contributed by atoms with Crippen LogP contribution < -0.4 is 11.3 Å². The van der Waals surface area contributed by atoms with Gasteiger partial charge in [0.15, 0.2) is 0 Å². The van der Waals surface area contributed by atoms with E-state index in [9.17, 15) is 0 Å². The molecule has 0 heterocycles. The number of benzene rings is 1. The number of nitrogens with two attached hydrogens (primary N) is 1. The van der Waals surface area contributed by atoms with E-state index in [1.807, 2.05) is 0 Å². The van der Waals surface area contributed by atoms with Gasteiger partial charge in [0.1, 0.15) is 0 Å². The predicted molar refractivity (Wildman–Crippen MR) is 75.1 cm³/mol. The Morgan fingerprint density at radius 3 is 2.83 bits per heavy atom. The monoisotopic (exact) mass is 244 g/mol. The van der Waals surface area contributed by atoms with Gasteiger partial charge in [-0.3, -0.25) is 11.3 Å². The molecule has 18 heavy (non-hydrogen) atoms. The van der Waals surface area contributed by atoms with Crippen molar-refractivity contribution in [2.75, 3.05) is 0 Å². The smallest absolute Gasteiger partial charge is 0.0250 e. The van der Waals surface area contributed by atoms with Gasteiger partial charge in [0.2, 0.25) is 0 Å². The van der Waals surface area contributed by atoms with E-state index in [2.05, 4.69) is 43.5 Å². The minimum Gasteiger partial charge on any atom is -0.271 e. The molecule has 1 fully saturated rings. The van der Waals surface area contributed by atoms with E-state index in [4.69, 9.17) is 5.84 Å². The van der Waals surface area contributed by atoms with Crippen LogP contribution in [0.5, 0.6) is 0 Å². The van der Waals surface area contributed by atoms with E-state index in [1.54, 1.807) is 11.1 Å². The van der Waals surface area contributed by atoms with Crippen molar-refractivity contribution in [2.45, 2.75) is 45.1 Å². The molecule has 4 unspecified atom stereocenters. The molecule has 1 saturated carbocycles. The lowest BCUT2D eigenvalue weighted by molar-refractivity contribution is 0.371. The van der Waals surface area contributed by atoms with Crippen LogP contribution in [0.15, 0.2) is 24.3 Å². The standard InChI is InChI=1S/C16H24N2/c1-10(2)9-14(18-17)16-13-8-7-11-5-3-4-6-12(11)15(13)16/h3-6,10,13-16,18H,7-9,17H2,1-2H3. The van der Waals surface area contributed by atoms with Crippen molar-refractivity contribution in [3.05, 3.63) is 35.4 Å². The number of hydrazine groups is 1. The number of nitrogens with one attached hydrogen (secondary N) is 1. The SMILES string of the molecule is CC(C)CC(NN)C1C2CCc3ccccc3C21. The van der Waals surface area contributed by atoms with Crippen LogP contribution in [0.4, 0.5) is 0 Å². The molecule has 98 valence electrons. The molecule has 1 aromatic carbocycles. The summed E-state index contributed by atoms with van der Waals surface area (Å²) in [7, 11) is 0. The molecule has 2 aliphatic carbocycles. The second-order valence-corrected chi connectivity index (χ2v) is 6.41. The molecule has 2 heteroatoms. The van der Waals surface area contributed by atoms with Gasteiger partial charge in [-0.15, -0.1) is 0 Å².